The molecule has 0 aliphatic carbocycles. The predicted octanol–water partition coefficient (Wildman–Crippen LogP) is 3.10. The van der Waals surface area contributed by atoms with Gasteiger partial charge in [0, 0.05) is 52.2 Å². The molecule has 1 aromatic rings. The van der Waals surface area contributed by atoms with E-state index < -0.39 is 0 Å². The first-order valence-corrected chi connectivity index (χ1v) is 10.8. The number of nitrogens with one attached hydrogen (secondary N) is 2. The second-order valence-electron chi connectivity index (χ2n) is 7.69. The van der Waals surface area contributed by atoms with Crippen LogP contribution in [0, 0.1) is 0 Å². The zero-order valence-electron chi connectivity index (χ0n) is 17.5. The average molecular weight is 389 g/mol. The van der Waals surface area contributed by atoms with E-state index in [2.05, 4.69) is 51.7 Å². The normalized spacial score (nSPS) is 19.6. The molecule has 6 nitrogen and oxygen atoms in total. The summed E-state index contributed by atoms with van der Waals surface area (Å²) in [4.78, 5) is 6.84. The van der Waals surface area contributed by atoms with Gasteiger partial charge in [0.2, 0.25) is 0 Å². The lowest BCUT2D eigenvalue weighted by molar-refractivity contribution is -0.0320. The maximum Gasteiger partial charge on any atom is 0.191 e. The van der Waals surface area contributed by atoms with E-state index >= 15 is 0 Å². The van der Waals surface area contributed by atoms with Crippen LogP contribution in [0.2, 0.25) is 0 Å². The Balaban J connectivity index is 1.39. The Morgan fingerprint density at radius 2 is 2.07 bits per heavy atom. The molecule has 2 aliphatic heterocycles. The van der Waals surface area contributed by atoms with Crippen LogP contribution in [-0.4, -0.2) is 58.6 Å². The third-order valence-corrected chi connectivity index (χ3v) is 5.55. The van der Waals surface area contributed by atoms with Crippen molar-refractivity contribution < 1.29 is 9.47 Å². The van der Waals surface area contributed by atoms with Crippen molar-refractivity contribution in [3.05, 3.63) is 29.8 Å². The van der Waals surface area contributed by atoms with Gasteiger partial charge in [0.05, 0.1) is 12.1 Å². The van der Waals surface area contributed by atoms with Gasteiger partial charge in [-0.2, -0.15) is 0 Å². The minimum atomic E-state index is 0.201. The van der Waals surface area contributed by atoms with Gasteiger partial charge in [-0.15, -0.1) is 0 Å². The summed E-state index contributed by atoms with van der Waals surface area (Å²) in [6.07, 6.45) is 5.97. The molecule has 1 atom stereocenters. The van der Waals surface area contributed by atoms with Crippen molar-refractivity contribution in [3.8, 4) is 0 Å². The summed E-state index contributed by atoms with van der Waals surface area (Å²) in [5, 5.41) is 6.91. The fourth-order valence-corrected chi connectivity index (χ4v) is 3.82. The van der Waals surface area contributed by atoms with E-state index in [1.165, 1.54) is 37.2 Å². The molecule has 0 saturated carbocycles. The first-order chi connectivity index (χ1) is 13.8. The Morgan fingerprint density at radius 3 is 2.82 bits per heavy atom. The van der Waals surface area contributed by atoms with Crippen LogP contribution in [0.15, 0.2) is 29.3 Å². The first-order valence-electron chi connectivity index (χ1n) is 10.8. The molecule has 2 saturated heterocycles. The van der Waals surface area contributed by atoms with Gasteiger partial charge < -0.3 is 25.0 Å². The molecular formula is C22H36N4O2. The fourth-order valence-electron chi connectivity index (χ4n) is 3.82. The molecule has 0 aromatic heterocycles. The minimum Gasteiger partial charge on any atom is -0.381 e. The van der Waals surface area contributed by atoms with Crippen molar-refractivity contribution in [2.24, 2.45) is 4.99 Å². The lowest BCUT2D eigenvalue weighted by Gasteiger charge is -2.23. The lowest BCUT2D eigenvalue weighted by atomic mass is 10.1. The SMILES string of the molecule is CN=C(NCCCOC1CCOCC1)NC(C)c1cccc(N2CCCC2)c1. The lowest BCUT2D eigenvalue weighted by Crippen LogP contribution is -2.39. The van der Waals surface area contributed by atoms with E-state index in [9.17, 15) is 0 Å². The number of anilines is 1. The summed E-state index contributed by atoms with van der Waals surface area (Å²) in [7, 11) is 1.82. The quantitative estimate of drug-likeness (QED) is 0.407. The number of aliphatic imine (C=N–C) groups is 1. The third kappa shape index (κ3) is 6.38. The molecule has 156 valence electrons. The summed E-state index contributed by atoms with van der Waals surface area (Å²) in [6, 6.07) is 9.06. The molecule has 3 rings (SSSR count). The molecule has 1 unspecified atom stereocenters. The molecule has 1 aromatic carbocycles. The molecule has 0 radical (unpaired) electrons. The van der Waals surface area contributed by atoms with Crippen molar-refractivity contribution in [1.82, 2.24) is 10.6 Å². The van der Waals surface area contributed by atoms with Crippen LogP contribution >= 0.6 is 0 Å². The van der Waals surface area contributed by atoms with Gasteiger partial charge in [-0.1, -0.05) is 12.1 Å². The van der Waals surface area contributed by atoms with Gasteiger partial charge >= 0.3 is 0 Å². The second kappa shape index (κ2) is 11.3. The molecule has 2 aliphatic rings. The Morgan fingerprint density at radius 1 is 1.29 bits per heavy atom. The predicted molar refractivity (Wildman–Crippen MR) is 115 cm³/mol. The van der Waals surface area contributed by atoms with Crippen LogP contribution in [0.5, 0.6) is 0 Å². The molecule has 6 heteroatoms. The monoisotopic (exact) mass is 388 g/mol. The Labute approximate surface area is 169 Å². The van der Waals surface area contributed by atoms with Gasteiger partial charge in [-0.05, 0) is 56.7 Å². The Bertz CT molecular complexity index is 610. The highest BCUT2D eigenvalue weighted by molar-refractivity contribution is 5.80. The molecule has 0 bridgehead atoms. The van der Waals surface area contributed by atoms with Crippen molar-refractivity contribution in [2.45, 2.75) is 51.2 Å². The average Bonchev–Trinajstić information content (AvgIpc) is 3.28. The van der Waals surface area contributed by atoms with Gasteiger partial charge in [0.15, 0.2) is 5.96 Å². The largest absolute Gasteiger partial charge is 0.381 e. The van der Waals surface area contributed by atoms with E-state index in [-0.39, 0.29) is 6.04 Å². The van der Waals surface area contributed by atoms with Crippen LogP contribution in [0.3, 0.4) is 0 Å². The van der Waals surface area contributed by atoms with E-state index in [1.807, 2.05) is 7.05 Å². The van der Waals surface area contributed by atoms with Crippen molar-refractivity contribution in [3.63, 3.8) is 0 Å². The van der Waals surface area contributed by atoms with E-state index in [1.54, 1.807) is 0 Å². The maximum absolute atomic E-state index is 5.93. The highest BCUT2D eigenvalue weighted by Crippen LogP contribution is 2.23. The summed E-state index contributed by atoms with van der Waals surface area (Å²) in [6.45, 7) is 7.82. The first kappa shape index (κ1) is 20.9. The van der Waals surface area contributed by atoms with Gasteiger partial charge in [-0.3, -0.25) is 4.99 Å². The number of hydrogen-bond donors (Lipinski definition) is 2. The Hall–Kier alpha value is -1.79. The number of rotatable bonds is 8. The molecule has 0 amide bonds. The summed E-state index contributed by atoms with van der Waals surface area (Å²) in [5.41, 5.74) is 2.62. The van der Waals surface area contributed by atoms with Crippen molar-refractivity contribution >= 4 is 11.6 Å². The Kier molecular flexibility index (Phi) is 8.42. The van der Waals surface area contributed by atoms with E-state index in [4.69, 9.17) is 9.47 Å². The maximum atomic E-state index is 5.93. The molecule has 0 spiro atoms. The molecule has 2 fully saturated rings. The van der Waals surface area contributed by atoms with Crippen LogP contribution in [0.25, 0.3) is 0 Å². The van der Waals surface area contributed by atoms with E-state index in [0.717, 1.165) is 51.6 Å². The van der Waals surface area contributed by atoms with Gasteiger partial charge in [0.25, 0.3) is 0 Å². The van der Waals surface area contributed by atoms with Crippen LogP contribution in [0.4, 0.5) is 5.69 Å². The van der Waals surface area contributed by atoms with Gasteiger partial charge in [-0.25, -0.2) is 0 Å². The summed E-state index contributed by atoms with van der Waals surface area (Å²) in [5.74, 6) is 0.838. The molecule has 2 heterocycles. The van der Waals surface area contributed by atoms with Gasteiger partial charge in [0.1, 0.15) is 0 Å². The summed E-state index contributed by atoms with van der Waals surface area (Å²) >= 11 is 0. The third-order valence-electron chi connectivity index (χ3n) is 5.55. The smallest absolute Gasteiger partial charge is 0.191 e. The zero-order chi connectivity index (χ0) is 19.6. The molecular weight excluding hydrogens is 352 g/mol. The molecule has 2 N–H and O–H groups in total. The fraction of sp³-hybridized carbons (Fsp3) is 0.682. The second-order valence-corrected chi connectivity index (χ2v) is 7.69. The zero-order valence-corrected chi connectivity index (χ0v) is 17.5. The van der Waals surface area contributed by atoms with Crippen LogP contribution in [-0.2, 0) is 9.47 Å². The highest BCUT2D eigenvalue weighted by Gasteiger charge is 2.15. The molecule has 28 heavy (non-hydrogen) atoms. The standard InChI is InChI=1S/C22H36N4O2/c1-18(19-7-5-8-20(17-19)26-12-3-4-13-26)25-22(23-2)24-11-6-14-28-21-9-15-27-16-10-21/h5,7-8,17-18,21H,3-4,6,9-16H2,1-2H3,(H2,23,24,25). The highest BCUT2D eigenvalue weighted by atomic mass is 16.5. The number of guanidine groups is 1. The van der Waals surface area contributed by atoms with E-state index in [0.29, 0.717) is 6.10 Å². The number of ether oxygens (including phenoxy) is 2. The van der Waals surface area contributed by atoms with Crippen molar-refractivity contribution in [2.75, 3.05) is 51.4 Å². The van der Waals surface area contributed by atoms with Crippen LogP contribution < -0.4 is 15.5 Å². The van der Waals surface area contributed by atoms with Crippen LogP contribution in [0.1, 0.15) is 50.6 Å². The van der Waals surface area contributed by atoms with Crippen molar-refractivity contribution in [1.29, 1.82) is 0 Å². The summed E-state index contributed by atoms with van der Waals surface area (Å²) < 4.78 is 11.3. The number of nitrogens with zero attached hydrogens (tertiary/aromatic N) is 2. The number of hydrogen-bond acceptors (Lipinski definition) is 4. The number of benzene rings is 1. The topological polar surface area (TPSA) is 58.1 Å². The minimum absolute atomic E-state index is 0.201.